The van der Waals surface area contributed by atoms with Gasteiger partial charge in [0.15, 0.2) is 0 Å². The highest BCUT2D eigenvalue weighted by atomic mass is 32.1. The van der Waals surface area contributed by atoms with Crippen molar-refractivity contribution in [2.75, 3.05) is 18.4 Å². The van der Waals surface area contributed by atoms with Gasteiger partial charge in [0.05, 0.1) is 16.6 Å². The van der Waals surface area contributed by atoms with Crippen LogP contribution in [0.3, 0.4) is 0 Å². The number of amides is 2. The number of aliphatic carboxylic acids is 1. The number of likely N-dealkylation sites (tertiary alicyclic amines) is 1. The molecule has 21 heavy (non-hydrogen) atoms. The molecule has 114 valence electrons. The lowest BCUT2D eigenvalue weighted by atomic mass is 9.81. The number of carbonyl (C=O) groups excluding carboxylic acids is 1. The molecule has 0 radical (unpaired) electrons. The number of aryl methyl sites for hydroxylation is 1. The molecule has 2 amide bonds. The minimum absolute atomic E-state index is 0.0906. The first-order valence-corrected chi connectivity index (χ1v) is 8.16. The molecule has 2 fully saturated rings. The number of nitrogens with zero attached hydrogens (tertiary/aromatic N) is 2. The van der Waals surface area contributed by atoms with Crippen molar-refractivity contribution >= 4 is 28.3 Å². The molecule has 1 saturated carbocycles. The molecule has 2 aliphatic rings. The topological polar surface area (TPSA) is 82.5 Å². The summed E-state index contributed by atoms with van der Waals surface area (Å²) in [5.74, 6) is -0.666. The number of hydrogen-bond donors (Lipinski definition) is 2. The molecule has 0 aromatic carbocycles. The third-order valence-corrected chi connectivity index (χ3v) is 5.56. The zero-order valence-electron chi connectivity index (χ0n) is 12.0. The Balaban J connectivity index is 1.71. The van der Waals surface area contributed by atoms with Crippen molar-refractivity contribution in [2.45, 2.75) is 32.6 Å². The van der Waals surface area contributed by atoms with Crippen molar-refractivity contribution in [3.05, 3.63) is 11.2 Å². The highest BCUT2D eigenvalue weighted by Crippen LogP contribution is 2.49. The standard InChI is InChI=1S/C14H19N3O3S/c1-2-10-11(21-8-15-10)16-13(20)17-6-9-4-3-5-14(9,7-17)12(18)19/h8-9H,2-7H2,1H3,(H,16,20)(H,18,19)/t9-,14+/m0/s1. The minimum Gasteiger partial charge on any atom is -0.481 e. The van der Waals surface area contributed by atoms with E-state index >= 15 is 0 Å². The highest BCUT2D eigenvalue weighted by molar-refractivity contribution is 7.14. The van der Waals surface area contributed by atoms with E-state index in [1.165, 1.54) is 11.3 Å². The van der Waals surface area contributed by atoms with Gasteiger partial charge >= 0.3 is 12.0 Å². The number of fused-ring (bicyclic) bond motifs is 1. The summed E-state index contributed by atoms with van der Waals surface area (Å²) in [5, 5.41) is 13.2. The fraction of sp³-hybridized carbons (Fsp3) is 0.643. The molecule has 3 rings (SSSR count). The first-order chi connectivity index (χ1) is 10.1. The van der Waals surface area contributed by atoms with Crippen LogP contribution in [0.25, 0.3) is 0 Å². The first kappa shape index (κ1) is 14.3. The Morgan fingerprint density at radius 1 is 1.62 bits per heavy atom. The van der Waals surface area contributed by atoms with Crippen LogP contribution in [-0.2, 0) is 11.2 Å². The van der Waals surface area contributed by atoms with Crippen LogP contribution in [0, 0.1) is 11.3 Å². The van der Waals surface area contributed by atoms with Crippen molar-refractivity contribution in [2.24, 2.45) is 11.3 Å². The number of carboxylic acids is 1. The number of carboxylic acid groups (broad SMARTS) is 1. The predicted octanol–water partition coefficient (Wildman–Crippen LogP) is 2.42. The molecule has 6 nitrogen and oxygen atoms in total. The van der Waals surface area contributed by atoms with Gasteiger partial charge in [-0.1, -0.05) is 13.3 Å². The molecule has 1 aromatic heterocycles. The van der Waals surface area contributed by atoms with Crippen LogP contribution >= 0.6 is 11.3 Å². The maximum absolute atomic E-state index is 12.4. The van der Waals surface area contributed by atoms with Gasteiger partial charge in [-0.2, -0.15) is 0 Å². The quantitative estimate of drug-likeness (QED) is 0.898. The largest absolute Gasteiger partial charge is 0.481 e. The number of aromatic nitrogens is 1. The van der Waals surface area contributed by atoms with Gasteiger partial charge in [-0.25, -0.2) is 9.78 Å². The summed E-state index contributed by atoms with van der Waals surface area (Å²) in [6.07, 6.45) is 3.29. The Bertz CT molecular complexity index is 574. The molecule has 1 aromatic rings. The van der Waals surface area contributed by atoms with Gasteiger partial charge in [-0.15, -0.1) is 11.3 Å². The number of anilines is 1. The molecule has 0 bridgehead atoms. The number of nitrogens with one attached hydrogen (secondary N) is 1. The molecule has 1 aliphatic carbocycles. The van der Waals surface area contributed by atoms with Gasteiger partial charge in [-0.05, 0) is 25.2 Å². The molecular weight excluding hydrogens is 290 g/mol. The average Bonchev–Trinajstić information content (AvgIpc) is 3.10. The Labute approximate surface area is 127 Å². The third kappa shape index (κ3) is 2.29. The van der Waals surface area contributed by atoms with Gasteiger partial charge in [0.2, 0.25) is 0 Å². The average molecular weight is 309 g/mol. The lowest BCUT2D eigenvalue weighted by Gasteiger charge is -2.23. The highest BCUT2D eigenvalue weighted by Gasteiger charge is 2.55. The smallest absolute Gasteiger partial charge is 0.322 e. The molecule has 2 heterocycles. The molecule has 1 aliphatic heterocycles. The van der Waals surface area contributed by atoms with Crippen molar-refractivity contribution in [1.29, 1.82) is 0 Å². The Morgan fingerprint density at radius 2 is 2.43 bits per heavy atom. The summed E-state index contributed by atoms with van der Waals surface area (Å²) >= 11 is 1.40. The number of urea groups is 1. The SMILES string of the molecule is CCc1ncsc1NC(=O)N1C[C@@H]2CCC[C@@]2(C(=O)O)C1. The zero-order chi connectivity index (χ0) is 15.0. The van der Waals surface area contributed by atoms with Gasteiger partial charge in [-0.3, -0.25) is 10.1 Å². The Hall–Kier alpha value is -1.63. The van der Waals surface area contributed by atoms with Gasteiger partial charge < -0.3 is 10.0 Å². The van der Waals surface area contributed by atoms with Crippen molar-refractivity contribution in [3.8, 4) is 0 Å². The van der Waals surface area contributed by atoms with Crippen LogP contribution in [0.2, 0.25) is 0 Å². The van der Waals surface area contributed by atoms with E-state index in [4.69, 9.17) is 0 Å². The van der Waals surface area contributed by atoms with E-state index in [1.54, 1.807) is 10.4 Å². The molecule has 1 saturated heterocycles. The van der Waals surface area contributed by atoms with Gasteiger partial charge in [0, 0.05) is 13.1 Å². The monoisotopic (exact) mass is 309 g/mol. The molecule has 0 unspecified atom stereocenters. The van der Waals surface area contributed by atoms with Crippen LogP contribution in [0.5, 0.6) is 0 Å². The summed E-state index contributed by atoms with van der Waals surface area (Å²) in [5.41, 5.74) is 1.87. The molecule has 2 atom stereocenters. The van der Waals surface area contributed by atoms with Crippen molar-refractivity contribution < 1.29 is 14.7 Å². The Kier molecular flexibility index (Phi) is 3.61. The summed E-state index contributed by atoms with van der Waals surface area (Å²) in [4.78, 5) is 29.9. The van der Waals surface area contributed by atoms with Crippen molar-refractivity contribution in [1.82, 2.24) is 9.88 Å². The van der Waals surface area contributed by atoms with E-state index in [0.717, 1.165) is 30.0 Å². The summed E-state index contributed by atoms with van der Waals surface area (Å²) in [6, 6.07) is -0.205. The summed E-state index contributed by atoms with van der Waals surface area (Å²) in [7, 11) is 0. The van der Waals surface area contributed by atoms with Crippen LogP contribution in [-0.4, -0.2) is 40.1 Å². The second-order valence-electron chi connectivity index (χ2n) is 5.84. The van der Waals surface area contributed by atoms with Crippen LogP contribution in [0.4, 0.5) is 9.80 Å². The van der Waals surface area contributed by atoms with Crippen LogP contribution in [0.1, 0.15) is 31.9 Å². The molecule has 0 spiro atoms. The van der Waals surface area contributed by atoms with E-state index in [-0.39, 0.29) is 11.9 Å². The summed E-state index contributed by atoms with van der Waals surface area (Å²) in [6.45, 7) is 2.85. The number of carbonyl (C=O) groups is 2. The number of rotatable bonds is 3. The van der Waals surface area contributed by atoms with Crippen molar-refractivity contribution in [3.63, 3.8) is 0 Å². The second-order valence-corrected chi connectivity index (χ2v) is 6.70. The number of thiazole rings is 1. The van der Waals surface area contributed by atoms with E-state index in [9.17, 15) is 14.7 Å². The fourth-order valence-electron chi connectivity index (χ4n) is 3.59. The number of hydrogen-bond acceptors (Lipinski definition) is 4. The lowest BCUT2D eigenvalue weighted by molar-refractivity contribution is -0.149. The zero-order valence-corrected chi connectivity index (χ0v) is 12.8. The molecule has 2 N–H and O–H groups in total. The first-order valence-electron chi connectivity index (χ1n) is 7.28. The normalized spacial score (nSPS) is 27.7. The van der Waals surface area contributed by atoms with E-state index in [1.807, 2.05) is 6.92 Å². The van der Waals surface area contributed by atoms with Crippen LogP contribution < -0.4 is 5.32 Å². The van der Waals surface area contributed by atoms with E-state index in [2.05, 4.69) is 10.3 Å². The maximum Gasteiger partial charge on any atom is 0.322 e. The van der Waals surface area contributed by atoms with E-state index in [0.29, 0.717) is 19.5 Å². The molecule has 7 heteroatoms. The lowest BCUT2D eigenvalue weighted by Crippen LogP contribution is -2.38. The fourth-order valence-corrected chi connectivity index (χ4v) is 4.36. The predicted molar refractivity (Wildman–Crippen MR) is 79.5 cm³/mol. The van der Waals surface area contributed by atoms with Gasteiger partial charge in [0.1, 0.15) is 5.00 Å². The second kappa shape index (κ2) is 5.29. The third-order valence-electron chi connectivity index (χ3n) is 4.78. The van der Waals surface area contributed by atoms with E-state index < -0.39 is 11.4 Å². The minimum atomic E-state index is -0.757. The van der Waals surface area contributed by atoms with Gasteiger partial charge in [0.25, 0.3) is 0 Å². The maximum atomic E-state index is 12.4. The summed E-state index contributed by atoms with van der Waals surface area (Å²) < 4.78 is 0. The van der Waals surface area contributed by atoms with Crippen LogP contribution in [0.15, 0.2) is 5.51 Å². The Morgan fingerprint density at radius 3 is 3.10 bits per heavy atom. The molecular formula is C14H19N3O3S.